The van der Waals surface area contributed by atoms with E-state index in [4.69, 9.17) is 4.74 Å². The molecule has 1 aliphatic rings. The summed E-state index contributed by atoms with van der Waals surface area (Å²) in [5.41, 5.74) is 3.61. The SMILES string of the molecule is CCC(=O)/C=C/c1cccc2c1/C(=C/c1[nH]ccc1OC)C(=O)N2. The van der Waals surface area contributed by atoms with Crippen LogP contribution in [0.25, 0.3) is 17.7 Å². The highest BCUT2D eigenvalue weighted by atomic mass is 16.5. The lowest BCUT2D eigenvalue weighted by Crippen LogP contribution is -2.03. The molecule has 1 aliphatic heterocycles. The number of amides is 1. The zero-order valence-electron chi connectivity index (χ0n) is 13.6. The van der Waals surface area contributed by atoms with Gasteiger partial charge in [0.05, 0.1) is 18.4 Å². The Hall–Kier alpha value is -3.08. The predicted molar refractivity (Wildman–Crippen MR) is 94.6 cm³/mol. The largest absolute Gasteiger partial charge is 0.495 e. The van der Waals surface area contributed by atoms with E-state index >= 15 is 0 Å². The summed E-state index contributed by atoms with van der Waals surface area (Å²) in [6.07, 6.45) is 7.27. The van der Waals surface area contributed by atoms with E-state index in [-0.39, 0.29) is 11.7 Å². The first kappa shape index (κ1) is 15.8. The molecule has 1 amide bonds. The van der Waals surface area contributed by atoms with Crippen LogP contribution in [-0.2, 0) is 9.59 Å². The van der Waals surface area contributed by atoms with Crippen molar-refractivity contribution >= 4 is 35.1 Å². The number of carbonyl (C=O) groups is 2. The summed E-state index contributed by atoms with van der Waals surface area (Å²) in [5.74, 6) is 0.531. The molecule has 1 aromatic heterocycles. The summed E-state index contributed by atoms with van der Waals surface area (Å²) in [5, 5.41) is 2.86. The van der Waals surface area contributed by atoms with Gasteiger partial charge in [0.2, 0.25) is 0 Å². The quantitative estimate of drug-likeness (QED) is 0.828. The Morgan fingerprint density at radius 3 is 2.88 bits per heavy atom. The van der Waals surface area contributed by atoms with Crippen molar-refractivity contribution in [3.63, 3.8) is 0 Å². The molecule has 24 heavy (non-hydrogen) atoms. The lowest BCUT2D eigenvalue weighted by atomic mass is 9.98. The zero-order chi connectivity index (χ0) is 17.1. The first-order valence-electron chi connectivity index (χ1n) is 7.72. The molecule has 2 aromatic rings. The number of aromatic amines is 1. The van der Waals surface area contributed by atoms with E-state index in [1.165, 1.54) is 0 Å². The highest BCUT2D eigenvalue weighted by Crippen LogP contribution is 2.37. The molecule has 2 heterocycles. The van der Waals surface area contributed by atoms with Gasteiger partial charge in [-0.15, -0.1) is 0 Å². The lowest BCUT2D eigenvalue weighted by molar-refractivity contribution is -0.114. The maximum absolute atomic E-state index is 12.4. The Kier molecular flexibility index (Phi) is 4.33. The Morgan fingerprint density at radius 2 is 2.12 bits per heavy atom. The third kappa shape index (κ3) is 2.88. The van der Waals surface area contributed by atoms with Gasteiger partial charge in [-0.3, -0.25) is 9.59 Å². The number of carbonyl (C=O) groups excluding carboxylic acids is 2. The molecular weight excluding hydrogens is 304 g/mol. The first-order valence-corrected chi connectivity index (χ1v) is 7.72. The van der Waals surface area contributed by atoms with Gasteiger partial charge in [-0.05, 0) is 29.8 Å². The minimum absolute atomic E-state index is 0.0430. The van der Waals surface area contributed by atoms with Crippen molar-refractivity contribution in [3.05, 3.63) is 53.4 Å². The van der Waals surface area contributed by atoms with Gasteiger partial charge in [0.1, 0.15) is 5.75 Å². The monoisotopic (exact) mass is 322 g/mol. The van der Waals surface area contributed by atoms with E-state index in [9.17, 15) is 9.59 Å². The Morgan fingerprint density at radius 1 is 1.29 bits per heavy atom. The number of rotatable bonds is 5. The van der Waals surface area contributed by atoms with Crippen molar-refractivity contribution in [2.75, 3.05) is 12.4 Å². The average molecular weight is 322 g/mol. The minimum Gasteiger partial charge on any atom is -0.495 e. The van der Waals surface area contributed by atoms with Crippen LogP contribution in [0.2, 0.25) is 0 Å². The van der Waals surface area contributed by atoms with Crippen molar-refractivity contribution < 1.29 is 14.3 Å². The van der Waals surface area contributed by atoms with E-state index in [0.29, 0.717) is 17.7 Å². The lowest BCUT2D eigenvalue weighted by Gasteiger charge is -2.04. The van der Waals surface area contributed by atoms with Crippen molar-refractivity contribution in [3.8, 4) is 5.75 Å². The molecule has 122 valence electrons. The third-order valence-electron chi connectivity index (χ3n) is 3.90. The highest BCUT2D eigenvalue weighted by Gasteiger charge is 2.26. The van der Waals surface area contributed by atoms with Crippen LogP contribution in [0, 0.1) is 0 Å². The zero-order valence-corrected chi connectivity index (χ0v) is 13.6. The van der Waals surface area contributed by atoms with Gasteiger partial charge >= 0.3 is 0 Å². The van der Waals surface area contributed by atoms with Crippen LogP contribution in [0.1, 0.15) is 30.2 Å². The maximum Gasteiger partial charge on any atom is 0.256 e. The van der Waals surface area contributed by atoms with Gasteiger partial charge in [-0.2, -0.15) is 0 Å². The number of H-pyrrole nitrogens is 1. The van der Waals surface area contributed by atoms with E-state index in [1.807, 2.05) is 25.1 Å². The van der Waals surface area contributed by atoms with Gasteiger partial charge in [-0.1, -0.05) is 25.1 Å². The molecule has 0 spiro atoms. The molecule has 0 saturated heterocycles. The van der Waals surface area contributed by atoms with Crippen LogP contribution in [0.5, 0.6) is 5.75 Å². The second-order valence-corrected chi connectivity index (χ2v) is 5.39. The van der Waals surface area contributed by atoms with E-state index < -0.39 is 0 Å². The second-order valence-electron chi connectivity index (χ2n) is 5.39. The Bertz CT molecular complexity index is 859. The molecule has 5 nitrogen and oxygen atoms in total. The topological polar surface area (TPSA) is 71.2 Å². The standard InChI is InChI=1S/C19H18N2O3/c1-3-13(22)8-7-12-5-4-6-15-18(12)14(19(23)21-15)11-16-17(24-2)9-10-20-16/h4-11,20H,3H2,1-2H3,(H,21,23)/b8-7+,14-11-. The molecule has 2 N–H and O–H groups in total. The summed E-state index contributed by atoms with van der Waals surface area (Å²) >= 11 is 0. The fourth-order valence-electron chi connectivity index (χ4n) is 2.66. The van der Waals surface area contributed by atoms with Crippen molar-refractivity contribution in [2.45, 2.75) is 13.3 Å². The van der Waals surface area contributed by atoms with Crippen LogP contribution in [0.4, 0.5) is 5.69 Å². The third-order valence-corrected chi connectivity index (χ3v) is 3.90. The number of aromatic nitrogens is 1. The molecule has 3 rings (SSSR count). The smallest absolute Gasteiger partial charge is 0.256 e. The van der Waals surface area contributed by atoms with Gasteiger partial charge in [0.15, 0.2) is 5.78 Å². The van der Waals surface area contributed by atoms with Crippen molar-refractivity contribution in [1.29, 1.82) is 0 Å². The molecular formula is C19H18N2O3. The molecule has 1 aromatic carbocycles. The fourth-order valence-corrected chi connectivity index (χ4v) is 2.66. The van der Waals surface area contributed by atoms with Crippen LogP contribution >= 0.6 is 0 Å². The second kappa shape index (κ2) is 6.58. The summed E-state index contributed by atoms with van der Waals surface area (Å²) in [6, 6.07) is 7.39. The Balaban J connectivity index is 2.09. The van der Waals surface area contributed by atoms with Crippen LogP contribution < -0.4 is 10.1 Å². The van der Waals surface area contributed by atoms with E-state index in [2.05, 4.69) is 10.3 Å². The van der Waals surface area contributed by atoms with E-state index in [1.54, 1.807) is 37.6 Å². The van der Waals surface area contributed by atoms with Crippen LogP contribution in [0.3, 0.4) is 0 Å². The molecule has 5 heteroatoms. The molecule has 0 unspecified atom stereocenters. The van der Waals surface area contributed by atoms with Crippen LogP contribution in [0.15, 0.2) is 36.5 Å². The number of methoxy groups -OCH3 is 1. The number of allylic oxidation sites excluding steroid dienone is 1. The molecule has 0 aliphatic carbocycles. The van der Waals surface area contributed by atoms with Gasteiger partial charge in [0, 0.05) is 23.9 Å². The predicted octanol–water partition coefficient (Wildman–Crippen LogP) is 3.51. The van der Waals surface area contributed by atoms with Crippen LogP contribution in [-0.4, -0.2) is 23.8 Å². The number of fused-ring (bicyclic) bond motifs is 1. The Labute approximate surface area is 140 Å². The first-order chi connectivity index (χ1) is 11.6. The number of hydrogen-bond acceptors (Lipinski definition) is 3. The molecule has 0 saturated carbocycles. The number of ketones is 1. The minimum atomic E-state index is -0.177. The molecule has 0 bridgehead atoms. The van der Waals surface area contributed by atoms with Crippen molar-refractivity contribution in [1.82, 2.24) is 4.98 Å². The summed E-state index contributed by atoms with van der Waals surface area (Å²) in [7, 11) is 1.58. The maximum atomic E-state index is 12.4. The molecule has 0 atom stereocenters. The normalized spacial score (nSPS) is 14.9. The number of hydrogen-bond donors (Lipinski definition) is 2. The van der Waals surface area contributed by atoms with Gasteiger partial charge < -0.3 is 15.0 Å². The summed E-state index contributed by atoms with van der Waals surface area (Å²) in [6.45, 7) is 1.82. The highest BCUT2D eigenvalue weighted by molar-refractivity contribution is 6.35. The molecule has 0 radical (unpaired) electrons. The van der Waals surface area contributed by atoms with E-state index in [0.717, 1.165) is 22.5 Å². The number of anilines is 1. The fraction of sp³-hybridized carbons (Fsp3) is 0.158. The summed E-state index contributed by atoms with van der Waals surface area (Å²) in [4.78, 5) is 27.0. The molecule has 0 fully saturated rings. The van der Waals surface area contributed by atoms with Gasteiger partial charge in [-0.25, -0.2) is 0 Å². The average Bonchev–Trinajstić information content (AvgIpc) is 3.17. The van der Waals surface area contributed by atoms with Crippen molar-refractivity contribution in [2.24, 2.45) is 0 Å². The summed E-state index contributed by atoms with van der Waals surface area (Å²) < 4.78 is 5.28. The number of ether oxygens (including phenoxy) is 1. The van der Waals surface area contributed by atoms with Gasteiger partial charge in [0.25, 0.3) is 5.91 Å². The number of nitrogens with one attached hydrogen (secondary N) is 2. The number of benzene rings is 1.